The van der Waals surface area contributed by atoms with Gasteiger partial charge in [-0.25, -0.2) is 9.97 Å². The number of anilines is 1. The third-order valence-corrected chi connectivity index (χ3v) is 2.39. The second-order valence-corrected chi connectivity index (χ2v) is 3.42. The number of pyridine rings is 1. The van der Waals surface area contributed by atoms with Crippen molar-refractivity contribution >= 4 is 17.4 Å². The molecule has 2 rings (SSSR count). The first-order chi connectivity index (χ1) is 7.18. The summed E-state index contributed by atoms with van der Waals surface area (Å²) < 4.78 is 0. The largest absolute Gasteiger partial charge is 0.383 e. The van der Waals surface area contributed by atoms with Crippen LogP contribution >= 0.6 is 11.6 Å². The molecule has 0 spiro atoms. The van der Waals surface area contributed by atoms with E-state index in [4.69, 9.17) is 17.3 Å². The van der Waals surface area contributed by atoms with Crippen LogP contribution in [0.1, 0.15) is 5.56 Å². The predicted octanol–water partition coefficient (Wildman–Crippen LogP) is 2.08. The van der Waals surface area contributed by atoms with Crippen LogP contribution < -0.4 is 5.73 Å². The maximum absolute atomic E-state index is 5.91. The lowest BCUT2D eigenvalue weighted by atomic mass is 10.3. The number of halogens is 1. The summed E-state index contributed by atoms with van der Waals surface area (Å²) in [5.41, 5.74) is 7.04. The lowest BCUT2D eigenvalue weighted by Crippen LogP contribution is -2.00. The van der Waals surface area contributed by atoms with Gasteiger partial charge in [0.05, 0.1) is 0 Å². The molecule has 2 aromatic heterocycles. The minimum atomic E-state index is 0.364. The summed E-state index contributed by atoms with van der Waals surface area (Å²) in [5, 5.41) is 0.364. The van der Waals surface area contributed by atoms with Crippen LogP contribution in [0.15, 0.2) is 24.4 Å². The minimum Gasteiger partial charge on any atom is -0.383 e. The van der Waals surface area contributed by atoms with E-state index in [1.165, 1.54) is 0 Å². The van der Waals surface area contributed by atoms with Crippen molar-refractivity contribution in [1.82, 2.24) is 15.0 Å². The van der Waals surface area contributed by atoms with E-state index in [9.17, 15) is 0 Å². The Kier molecular flexibility index (Phi) is 2.51. The number of hydrogen-bond acceptors (Lipinski definition) is 4. The van der Waals surface area contributed by atoms with Crippen LogP contribution in [0.5, 0.6) is 0 Å². The van der Waals surface area contributed by atoms with Gasteiger partial charge in [-0.2, -0.15) is 0 Å². The number of rotatable bonds is 1. The van der Waals surface area contributed by atoms with Crippen LogP contribution in [0.3, 0.4) is 0 Å². The lowest BCUT2D eigenvalue weighted by Gasteiger charge is -2.04. The van der Waals surface area contributed by atoms with Gasteiger partial charge in [0.2, 0.25) is 0 Å². The molecule has 0 aromatic carbocycles. The summed E-state index contributed by atoms with van der Waals surface area (Å²) >= 11 is 5.91. The minimum absolute atomic E-state index is 0.364. The Balaban J connectivity index is 2.56. The van der Waals surface area contributed by atoms with Crippen LogP contribution in [-0.2, 0) is 0 Å². The molecule has 0 aliphatic carbocycles. The van der Waals surface area contributed by atoms with Gasteiger partial charge in [0.15, 0.2) is 5.82 Å². The Morgan fingerprint density at radius 1 is 1.27 bits per heavy atom. The monoisotopic (exact) mass is 220 g/mol. The van der Waals surface area contributed by atoms with Crippen LogP contribution in [0, 0.1) is 6.92 Å². The van der Waals surface area contributed by atoms with Crippen molar-refractivity contribution in [1.29, 1.82) is 0 Å². The smallest absolute Gasteiger partial charge is 0.181 e. The van der Waals surface area contributed by atoms with Crippen LogP contribution in [0.2, 0.25) is 5.15 Å². The van der Waals surface area contributed by atoms with Gasteiger partial charge in [0, 0.05) is 11.8 Å². The molecule has 4 nitrogen and oxygen atoms in total. The Morgan fingerprint density at radius 3 is 2.67 bits per heavy atom. The molecule has 0 atom stereocenters. The molecule has 15 heavy (non-hydrogen) atoms. The first-order valence-electron chi connectivity index (χ1n) is 4.39. The zero-order valence-electron chi connectivity index (χ0n) is 8.11. The summed E-state index contributed by atoms with van der Waals surface area (Å²) in [4.78, 5) is 12.4. The van der Waals surface area contributed by atoms with Crippen LogP contribution in [0.4, 0.5) is 5.82 Å². The quantitative estimate of drug-likeness (QED) is 0.748. The Labute approximate surface area is 92.2 Å². The highest BCUT2D eigenvalue weighted by molar-refractivity contribution is 6.30. The molecule has 0 radical (unpaired) electrons. The SMILES string of the molecule is Cc1c(N)nc(-c2ccccn2)nc1Cl. The molecule has 2 N–H and O–H groups in total. The van der Waals surface area contributed by atoms with Crippen molar-refractivity contribution in [3.63, 3.8) is 0 Å². The second kappa shape index (κ2) is 3.82. The zero-order valence-corrected chi connectivity index (χ0v) is 8.86. The first kappa shape index (κ1) is 9.86. The van der Waals surface area contributed by atoms with Gasteiger partial charge in [-0.05, 0) is 19.1 Å². The van der Waals surface area contributed by atoms with E-state index in [0.717, 1.165) is 0 Å². The lowest BCUT2D eigenvalue weighted by molar-refractivity contribution is 1.12. The van der Waals surface area contributed by atoms with Gasteiger partial charge in [-0.1, -0.05) is 17.7 Å². The van der Waals surface area contributed by atoms with Crippen molar-refractivity contribution in [3.8, 4) is 11.5 Å². The van der Waals surface area contributed by atoms with Gasteiger partial charge in [0.25, 0.3) is 0 Å². The van der Waals surface area contributed by atoms with E-state index in [1.807, 2.05) is 12.1 Å². The van der Waals surface area contributed by atoms with Crippen molar-refractivity contribution in [2.45, 2.75) is 6.92 Å². The molecule has 2 aromatic rings. The third kappa shape index (κ3) is 1.89. The molecule has 5 heteroatoms. The number of nitrogens with zero attached hydrogens (tertiary/aromatic N) is 3. The topological polar surface area (TPSA) is 64.7 Å². The van der Waals surface area contributed by atoms with Crippen LogP contribution in [0.25, 0.3) is 11.5 Å². The standard InChI is InChI=1S/C10H9ClN4/c1-6-8(11)14-10(15-9(6)12)7-4-2-3-5-13-7/h2-5H,1H3,(H2,12,14,15). The van der Waals surface area contributed by atoms with Crippen molar-refractivity contribution < 1.29 is 0 Å². The number of hydrogen-bond donors (Lipinski definition) is 1. The van der Waals surface area contributed by atoms with Crippen molar-refractivity contribution in [3.05, 3.63) is 35.1 Å². The molecule has 2 heterocycles. The highest BCUT2D eigenvalue weighted by atomic mass is 35.5. The van der Waals surface area contributed by atoms with E-state index in [2.05, 4.69) is 15.0 Å². The number of nitrogen functional groups attached to an aromatic ring is 1. The highest BCUT2D eigenvalue weighted by Crippen LogP contribution is 2.21. The van der Waals surface area contributed by atoms with Gasteiger partial charge in [-0.3, -0.25) is 4.98 Å². The van der Waals surface area contributed by atoms with E-state index in [1.54, 1.807) is 19.2 Å². The van der Waals surface area contributed by atoms with Crippen LogP contribution in [-0.4, -0.2) is 15.0 Å². The maximum atomic E-state index is 5.91. The van der Waals surface area contributed by atoms with Gasteiger partial charge in [-0.15, -0.1) is 0 Å². The molecular formula is C10H9ClN4. The number of aromatic nitrogens is 3. The summed E-state index contributed by atoms with van der Waals surface area (Å²) in [6.45, 7) is 1.78. The molecule has 0 unspecified atom stereocenters. The van der Waals surface area contributed by atoms with Crippen molar-refractivity contribution in [2.24, 2.45) is 0 Å². The fourth-order valence-electron chi connectivity index (χ4n) is 1.12. The molecule has 0 aliphatic heterocycles. The molecule has 0 bridgehead atoms. The Hall–Kier alpha value is -1.68. The maximum Gasteiger partial charge on any atom is 0.181 e. The summed E-state index contributed by atoms with van der Waals surface area (Å²) in [5.74, 6) is 0.833. The summed E-state index contributed by atoms with van der Waals surface area (Å²) in [6.07, 6.45) is 1.67. The third-order valence-electron chi connectivity index (χ3n) is 2.02. The molecule has 0 fully saturated rings. The van der Waals surface area contributed by atoms with Gasteiger partial charge >= 0.3 is 0 Å². The Bertz CT molecular complexity index is 461. The summed E-state index contributed by atoms with van der Waals surface area (Å²) in [6, 6.07) is 5.48. The molecule has 0 amide bonds. The molecule has 76 valence electrons. The second-order valence-electron chi connectivity index (χ2n) is 3.06. The van der Waals surface area contributed by atoms with E-state index in [-0.39, 0.29) is 0 Å². The predicted molar refractivity (Wildman–Crippen MR) is 59.4 cm³/mol. The van der Waals surface area contributed by atoms with Gasteiger partial charge < -0.3 is 5.73 Å². The molecule has 0 aliphatic rings. The van der Waals surface area contributed by atoms with Gasteiger partial charge in [0.1, 0.15) is 16.7 Å². The molecular weight excluding hydrogens is 212 g/mol. The molecule has 0 saturated heterocycles. The summed E-state index contributed by atoms with van der Waals surface area (Å²) in [7, 11) is 0. The van der Waals surface area contributed by atoms with Crippen molar-refractivity contribution in [2.75, 3.05) is 5.73 Å². The van der Waals surface area contributed by atoms with E-state index < -0.39 is 0 Å². The van der Waals surface area contributed by atoms with E-state index in [0.29, 0.717) is 28.1 Å². The first-order valence-corrected chi connectivity index (χ1v) is 4.77. The highest BCUT2D eigenvalue weighted by Gasteiger charge is 2.08. The zero-order chi connectivity index (χ0) is 10.8. The normalized spacial score (nSPS) is 10.3. The Morgan fingerprint density at radius 2 is 2.07 bits per heavy atom. The molecule has 0 saturated carbocycles. The average Bonchev–Trinajstić information content (AvgIpc) is 2.26. The fraction of sp³-hybridized carbons (Fsp3) is 0.100. The average molecular weight is 221 g/mol. The number of nitrogens with two attached hydrogens (primary N) is 1. The fourth-order valence-corrected chi connectivity index (χ4v) is 1.29. The van der Waals surface area contributed by atoms with E-state index >= 15 is 0 Å².